The van der Waals surface area contributed by atoms with Gasteiger partial charge in [0.05, 0.1) is 6.54 Å². The Morgan fingerprint density at radius 2 is 1.86 bits per heavy atom. The van der Waals surface area contributed by atoms with Gasteiger partial charge in [0.2, 0.25) is 5.91 Å². The van der Waals surface area contributed by atoms with Crippen LogP contribution in [0.1, 0.15) is 30.6 Å². The minimum absolute atomic E-state index is 0.106. The van der Waals surface area contributed by atoms with Gasteiger partial charge < -0.3 is 20.7 Å². The van der Waals surface area contributed by atoms with E-state index in [2.05, 4.69) is 16.0 Å². The number of amides is 2. The van der Waals surface area contributed by atoms with Crippen LogP contribution >= 0.6 is 0 Å². The molecular formula is C16H25N3O3. The number of rotatable bonds is 9. The Morgan fingerprint density at radius 1 is 1.18 bits per heavy atom. The number of nitrogens with one attached hydrogen (secondary N) is 3. The van der Waals surface area contributed by atoms with E-state index in [1.807, 2.05) is 13.8 Å². The first-order valence-corrected chi connectivity index (χ1v) is 7.43. The normalized spacial score (nSPS) is 10.5. The van der Waals surface area contributed by atoms with Crippen LogP contribution in [0.25, 0.3) is 0 Å². The van der Waals surface area contributed by atoms with Crippen molar-refractivity contribution in [3.63, 3.8) is 0 Å². The largest absolute Gasteiger partial charge is 0.385 e. The van der Waals surface area contributed by atoms with Crippen LogP contribution in [0.2, 0.25) is 0 Å². The summed E-state index contributed by atoms with van der Waals surface area (Å²) in [6.07, 6.45) is 0.777. The molecule has 6 nitrogen and oxygen atoms in total. The zero-order valence-corrected chi connectivity index (χ0v) is 13.4. The minimum atomic E-state index is -0.129. The quantitative estimate of drug-likeness (QED) is 0.602. The summed E-state index contributed by atoms with van der Waals surface area (Å²) in [4.78, 5) is 23.5. The Kier molecular flexibility index (Phi) is 8.17. The molecule has 122 valence electrons. The number of carbonyl (C=O) groups excluding carboxylic acids is 2. The summed E-state index contributed by atoms with van der Waals surface area (Å²) in [5, 5.41) is 8.63. The Bertz CT molecular complexity index is 472. The minimum Gasteiger partial charge on any atom is -0.385 e. The number of hydrogen-bond acceptors (Lipinski definition) is 4. The lowest BCUT2D eigenvalue weighted by atomic mass is 10.2. The molecule has 3 N–H and O–H groups in total. The molecule has 0 fully saturated rings. The summed E-state index contributed by atoms with van der Waals surface area (Å²) in [5.74, 6) is -0.235. The van der Waals surface area contributed by atoms with E-state index < -0.39 is 0 Å². The molecule has 0 aromatic heterocycles. The van der Waals surface area contributed by atoms with Gasteiger partial charge in [-0.15, -0.1) is 0 Å². The Labute approximate surface area is 131 Å². The van der Waals surface area contributed by atoms with Crippen LogP contribution in [-0.4, -0.2) is 44.7 Å². The van der Waals surface area contributed by atoms with Crippen molar-refractivity contribution in [1.82, 2.24) is 10.6 Å². The second kappa shape index (κ2) is 9.92. The molecule has 0 spiro atoms. The summed E-state index contributed by atoms with van der Waals surface area (Å²) in [6, 6.07) is 7.08. The Balaban J connectivity index is 2.42. The van der Waals surface area contributed by atoms with Crippen LogP contribution in [0.15, 0.2) is 24.3 Å². The van der Waals surface area contributed by atoms with Gasteiger partial charge in [0.25, 0.3) is 5.91 Å². The average Bonchev–Trinajstić information content (AvgIpc) is 2.50. The first kappa shape index (κ1) is 18.1. The van der Waals surface area contributed by atoms with Gasteiger partial charge >= 0.3 is 0 Å². The molecule has 6 heteroatoms. The van der Waals surface area contributed by atoms with Gasteiger partial charge in [0.15, 0.2) is 0 Å². The molecule has 0 aliphatic heterocycles. The van der Waals surface area contributed by atoms with E-state index >= 15 is 0 Å². The second-order valence-corrected chi connectivity index (χ2v) is 5.26. The number of benzene rings is 1. The second-order valence-electron chi connectivity index (χ2n) is 5.26. The van der Waals surface area contributed by atoms with Crippen molar-refractivity contribution in [1.29, 1.82) is 0 Å². The first-order chi connectivity index (χ1) is 10.5. The van der Waals surface area contributed by atoms with E-state index in [1.165, 1.54) is 0 Å². The summed E-state index contributed by atoms with van der Waals surface area (Å²) < 4.78 is 4.92. The predicted molar refractivity (Wildman–Crippen MR) is 87.0 cm³/mol. The zero-order chi connectivity index (χ0) is 16.4. The fraction of sp³-hybridized carbons (Fsp3) is 0.500. The molecule has 0 unspecified atom stereocenters. The fourth-order valence-electron chi connectivity index (χ4n) is 1.73. The van der Waals surface area contributed by atoms with Crippen molar-refractivity contribution < 1.29 is 14.3 Å². The van der Waals surface area contributed by atoms with E-state index in [0.717, 1.165) is 6.42 Å². The van der Waals surface area contributed by atoms with Crippen molar-refractivity contribution in [3.8, 4) is 0 Å². The van der Waals surface area contributed by atoms with Crippen molar-refractivity contribution in [2.24, 2.45) is 0 Å². The van der Waals surface area contributed by atoms with Gasteiger partial charge in [0, 0.05) is 37.6 Å². The van der Waals surface area contributed by atoms with Crippen molar-refractivity contribution in [3.05, 3.63) is 29.8 Å². The fourth-order valence-corrected chi connectivity index (χ4v) is 1.73. The van der Waals surface area contributed by atoms with Crippen LogP contribution in [0, 0.1) is 0 Å². The average molecular weight is 307 g/mol. The van der Waals surface area contributed by atoms with E-state index in [-0.39, 0.29) is 24.4 Å². The highest BCUT2D eigenvalue weighted by atomic mass is 16.5. The summed E-state index contributed by atoms with van der Waals surface area (Å²) in [5.41, 5.74) is 1.24. The third-order valence-electron chi connectivity index (χ3n) is 2.91. The molecule has 1 aromatic carbocycles. The highest BCUT2D eigenvalue weighted by Crippen LogP contribution is 2.09. The number of carbonyl (C=O) groups is 2. The van der Waals surface area contributed by atoms with Crippen molar-refractivity contribution in [2.45, 2.75) is 26.3 Å². The first-order valence-electron chi connectivity index (χ1n) is 7.43. The molecule has 22 heavy (non-hydrogen) atoms. The summed E-state index contributed by atoms with van der Waals surface area (Å²) >= 11 is 0. The van der Waals surface area contributed by atoms with Gasteiger partial charge in [-0.25, -0.2) is 0 Å². The standard InChI is InChI=1S/C16H25N3O3/c1-12(2)18-11-15(20)19-14-7-5-13(6-8-14)16(21)17-9-4-10-22-3/h5-8,12,18H,4,9-11H2,1-3H3,(H,17,21)(H,19,20). The molecule has 0 aliphatic carbocycles. The van der Waals surface area contributed by atoms with Crippen molar-refractivity contribution >= 4 is 17.5 Å². The molecular weight excluding hydrogens is 282 g/mol. The van der Waals surface area contributed by atoms with E-state index in [4.69, 9.17) is 4.74 Å². The highest BCUT2D eigenvalue weighted by Gasteiger charge is 2.06. The predicted octanol–water partition coefficient (Wildman–Crippen LogP) is 1.39. The molecule has 0 heterocycles. The molecule has 0 bridgehead atoms. The molecule has 0 radical (unpaired) electrons. The number of methoxy groups -OCH3 is 1. The maximum atomic E-state index is 11.9. The SMILES string of the molecule is COCCCNC(=O)c1ccc(NC(=O)CNC(C)C)cc1. The lowest BCUT2D eigenvalue weighted by Gasteiger charge is -2.09. The molecule has 0 saturated heterocycles. The Morgan fingerprint density at radius 3 is 2.45 bits per heavy atom. The number of ether oxygens (including phenoxy) is 1. The highest BCUT2D eigenvalue weighted by molar-refractivity contribution is 5.96. The lowest BCUT2D eigenvalue weighted by Crippen LogP contribution is -2.32. The topological polar surface area (TPSA) is 79.5 Å². The van der Waals surface area contributed by atoms with Crippen LogP contribution in [0.3, 0.4) is 0 Å². The van der Waals surface area contributed by atoms with Gasteiger partial charge in [0.1, 0.15) is 0 Å². The monoisotopic (exact) mass is 307 g/mol. The zero-order valence-electron chi connectivity index (χ0n) is 13.4. The van der Waals surface area contributed by atoms with Crippen molar-refractivity contribution in [2.75, 3.05) is 32.1 Å². The molecule has 0 atom stereocenters. The van der Waals surface area contributed by atoms with Crippen LogP contribution in [-0.2, 0) is 9.53 Å². The third-order valence-corrected chi connectivity index (χ3v) is 2.91. The van der Waals surface area contributed by atoms with Gasteiger partial charge in [-0.2, -0.15) is 0 Å². The number of anilines is 1. The van der Waals surface area contributed by atoms with E-state index in [9.17, 15) is 9.59 Å². The number of hydrogen-bond donors (Lipinski definition) is 3. The van der Waals surface area contributed by atoms with Gasteiger partial charge in [-0.1, -0.05) is 13.8 Å². The molecule has 0 aliphatic rings. The summed E-state index contributed by atoms with van der Waals surface area (Å²) in [6.45, 7) is 5.42. The molecule has 2 amide bonds. The van der Waals surface area contributed by atoms with Crippen LogP contribution < -0.4 is 16.0 Å². The molecule has 1 rings (SSSR count). The van der Waals surface area contributed by atoms with Crippen LogP contribution in [0.5, 0.6) is 0 Å². The Hall–Kier alpha value is -1.92. The third kappa shape index (κ3) is 7.19. The summed E-state index contributed by atoms with van der Waals surface area (Å²) in [7, 11) is 1.63. The van der Waals surface area contributed by atoms with Gasteiger partial charge in [-0.05, 0) is 30.7 Å². The van der Waals surface area contributed by atoms with Crippen LogP contribution in [0.4, 0.5) is 5.69 Å². The van der Waals surface area contributed by atoms with E-state index in [1.54, 1.807) is 31.4 Å². The van der Waals surface area contributed by atoms with E-state index in [0.29, 0.717) is 24.4 Å². The molecule has 0 saturated carbocycles. The molecule has 1 aromatic rings. The maximum absolute atomic E-state index is 11.9. The smallest absolute Gasteiger partial charge is 0.251 e. The maximum Gasteiger partial charge on any atom is 0.251 e. The van der Waals surface area contributed by atoms with Gasteiger partial charge in [-0.3, -0.25) is 9.59 Å². The lowest BCUT2D eigenvalue weighted by molar-refractivity contribution is -0.115.